The maximum Gasteiger partial charge on any atom is 0.134 e. The molecule has 0 saturated heterocycles. The summed E-state index contributed by atoms with van der Waals surface area (Å²) in [4.78, 5) is 1.13. The van der Waals surface area contributed by atoms with Gasteiger partial charge in [-0.25, -0.2) is 0 Å². The quantitative estimate of drug-likeness (QED) is 0.289. The van der Waals surface area contributed by atoms with Crippen molar-refractivity contribution in [2.75, 3.05) is 0 Å². The standard InChI is InChI=1S/C24H30O2S/c1-4-6-7-11-19-16-20(26-5-2)22(18-12-8-10-17(3)15-18)24(25)23(19)21-13-9-14-27-21/h5,9,13-16,18,25H,2,4,6-8,10-12H2,1,3H3/t18-/m0/s1. The highest BCUT2D eigenvalue weighted by Gasteiger charge is 2.26. The number of phenolic OH excluding ortho intramolecular Hbond substituents is 1. The van der Waals surface area contributed by atoms with Crippen LogP contribution < -0.4 is 4.74 Å². The van der Waals surface area contributed by atoms with E-state index in [0.717, 1.165) is 53.9 Å². The Morgan fingerprint density at radius 2 is 2.22 bits per heavy atom. The van der Waals surface area contributed by atoms with Crippen LogP contribution in [-0.4, -0.2) is 5.11 Å². The van der Waals surface area contributed by atoms with Crippen molar-refractivity contribution >= 4 is 11.3 Å². The molecule has 2 aromatic rings. The van der Waals surface area contributed by atoms with Gasteiger partial charge in [0.1, 0.15) is 11.5 Å². The molecule has 1 aromatic heterocycles. The summed E-state index contributed by atoms with van der Waals surface area (Å²) in [7, 11) is 0. The van der Waals surface area contributed by atoms with Gasteiger partial charge in [0.2, 0.25) is 0 Å². The second kappa shape index (κ2) is 9.27. The number of thiophene rings is 1. The molecular formula is C24H30O2S. The number of aromatic hydroxyl groups is 1. The van der Waals surface area contributed by atoms with Gasteiger partial charge >= 0.3 is 0 Å². The predicted octanol–water partition coefficient (Wildman–Crippen LogP) is 7.59. The van der Waals surface area contributed by atoms with Gasteiger partial charge in [-0.1, -0.05) is 44.1 Å². The van der Waals surface area contributed by atoms with Crippen LogP contribution in [0.5, 0.6) is 11.5 Å². The van der Waals surface area contributed by atoms with Gasteiger partial charge in [-0.2, -0.15) is 0 Å². The van der Waals surface area contributed by atoms with Crippen LogP contribution in [0.4, 0.5) is 0 Å². The third-order valence-corrected chi connectivity index (χ3v) is 6.24. The van der Waals surface area contributed by atoms with Crippen molar-refractivity contribution in [2.24, 2.45) is 0 Å². The Labute approximate surface area is 167 Å². The van der Waals surface area contributed by atoms with Crippen LogP contribution in [-0.2, 0) is 6.42 Å². The van der Waals surface area contributed by atoms with Crippen LogP contribution in [0.1, 0.15) is 69.4 Å². The van der Waals surface area contributed by atoms with Crippen LogP contribution in [0.25, 0.3) is 10.4 Å². The van der Waals surface area contributed by atoms with E-state index in [-0.39, 0.29) is 5.92 Å². The molecule has 1 aliphatic rings. The predicted molar refractivity (Wildman–Crippen MR) is 116 cm³/mol. The summed E-state index contributed by atoms with van der Waals surface area (Å²) in [6, 6.07) is 6.29. The summed E-state index contributed by atoms with van der Waals surface area (Å²) in [5, 5.41) is 13.5. The molecule has 3 heteroatoms. The van der Waals surface area contributed by atoms with Gasteiger partial charge in [0.25, 0.3) is 0 Å². The molecule has 1 aliphatic carbocycles. The monoisotopic (exact) mass is 382 g/mol. The molecule has 1 heterocycles. The van der Waals surface area contributed by atoms with Crippen molar-refractivity contribution in [1.29, 1.82) is 0 Å². The van der Waals surface area contributed by atoms with Crippen molar-refractivity contribution in [1.82, 2.24) is 0 Å². The molecule has 0 radical (unpaired) electrons. The van der Waals surface area contributed by atoms with E-state index in [0.29, 0.717) is 5.75 Å². The van der Waals surface area contributed by atoms with Gasteiger partial charge in [0.05, 0.1) is 6.26 Å². The zero-order valence-corrected chi connectivity index (χ0v) is 17.3. The molecule has 0 bridgehead atoms. The van der Waals surface area contributed by atoms with Crippen molar-refractivity contribution in [2.45, 2.75) is 64.7 Å². The zero-order valence-electron chi connectivity index (χ0n) is 16.5. The van der Waals surface area contributed by atoms with Gasteiger partial charge < -0.3 is 9.84 Å². The summed E-state index contributed by atoms with van der Waals surface area (Å²) < 4.78 is 5.80. The molecule has 1 aromatic carbocycles. The number of hydrogen-bond donors (Lipinski definition) is 1. The topological polar surface area (TPSA) is 29.5 Å². The van der Waals surface area contributed by atoms with Crippen molar-refractivity contribution in [3.05, 3.63) is 59.2 Å². The number of unbranched alkanes of at least 4 members (excludes halogenated alkanes) is 2. The van der Waals surface area contributed by atoms with E-state index in [4.69, 9.17) is 4.74 Å². The minimum atomic E-state index is 0.192. The lowest BCUT2D eigenvalue weighted by Gasteiger charge is -2.25. The Bertz CT molecular complexity index is 802. The molecule has 2 nitrogen and oxygen atoms in total. The Morgan fingerprint density at radius 3 is 2.89 bits per heavy atom. The lowest BCUT2D eigenvalue weighted by molar-refractivity contribution is 0.434. The normalized spacial score (nSPS) is 16.8. The largest absolute Gasteiger partial charge is 0.507 e. The van der Waals surface area contributed by atoms with Crippen molar-refractivity contribution in [3.8, 4) is 21.9 Å². The lowest BCUT2D eigenvalue weighted by atomic mass is 9.83. The van der Waals surface area contributed by atoms with Crippen molar-refractivity contribution in [3.63, 3.8) is 0 Å². The Hall–Kier alpha value is -2.00. The highest BCUT2D eigenvalue weighted by molar-refractivity contribution is 7.13. The molecule has 3 rings (SSSR count). The first-order valence-corrected chi connectivity index (χ1v) is 10.9. The fourth-order valence-corrected chi connectivity index (χ4v) is 4.86. The number of phenols is 1. The van der Waals surface area contributed by atoms with E-state index in [9.17, 15) is 5.11 Å². The van der Waals surface area contributed by atoms with Gasteiger partial charge in [0, 0.05) is 21.9 Å². The Balaban J connectivity index is 2.15. The van der Waals surface area contributed by atoms with Gasteiger partial charge in [-0.05, 0) is 62.1 Å². The van der Waals surface area contributed by atoms with E-state index in [1.165, 1.54) is 30.2 Å². The van der Waals surface area contributed by atoms with Crippen LogP contribution >= 0.6 is 11.3 Å². The molecule has 27 heavy (non-hydrogen) atoms. The highest BCUT2D eigenvalue weighted by atomic mass is 32.1. The molecule has 144 valence electrons. The maximum absolute atomic E-state index is 11.4. The molecule has 0 aliphatic heterocycles. The average molecular weight is 383 g/mol. The number of aryl methyl sites for hydroxylation is 1. The van der Waals surface area contributed by atoms with Gasteiger partial charge in [0.15, 0.2) is 0 Å². The zero-order chi connectivity index (χ0) is 19.2. The number of ether oxygens (including phenoxy) is 1. The molecule has 0 amide bonds. The van der Waals surface area contributed by atoms with E-state index in [1.54, 1.807) is 11.3 Å². The van der Waals surface area contributed by atoms with E-state index >= 15 is 0 Å². The third kappa shape index (κ3) is 4.47. The first-order chi connectivity index (χ1) is 13.2. The average Bonchev–Trinajstić information content (AvgIpc) is 3.16. The van der Waals surface area contributed by atoms with Gasteiger partial charge in [-0.3, -0.25) is 0 Å². The molecule has 1 N–H and O–H groups in total. The SMILES string of the molecule is C=COc1cc(CCCCC)c(-c2cccs2)c(O)c1[C@@H]1C=C(C)CCC1. The molecule has 0 unspecified atom stereocenters. The highest BCUT2D eigenvalue weighted by Crippen LogP contribution is 2.48. The van der Waals surface area contributed by atoms with Crippen LogP contribution in [0, 0.1) is 0 Å². The number of allylic oxidation sites excluding steroid dienone is 2. The molecular weight excluding hydrogens is 352 g/mol. The van der Waals surface area contributed by atoms with E-state index < -0.39 is 0 Å². The fraction of sp³-hybridized carbons (Fsp3) is 0.417. The second-order valence-electron chi connectivity index (χ2n) is 7.40. The third-order valence-electron chi connectivity index (χ3n) is 5.35. The van der Waals surface area contributed by atoms with E-state index in [1.807, 2.05) is 6.07 Å². The summed E-state index contributed by atoms with van der Waals surface area (Å²) in [6.45, 7) is 8.14. The maximum atomic E-state index is 11.4. The van der Waals surface area contributed by atoms with Crippen molar-refractivity contribution < 1.29 is 9.84 Å². The minimum absolute atomic E-state index is 0.192. The second-order valence-corrected chi connectivity index (χ2v) is 8.35. The molecule has 0 fully saturated rings. The minimum Gasteiger partial charge on any atom is -0.507 e. The number of benzene rings is 1. The smallest absolute Gasteiger partial charge is 0.134 e. The first kappa shape index (κ1) is 19.8. The summed E-state index contributed by atoms with van der Waals surface area (Å²) in [5.41, 5.74) is 4.46. The Kier molecular flexibility index (Phi) is 6.78. The summed E-state index contributed by atoms with van der Waals surface area (Å²) in [5.74, 6) is 1.33. The number of hydrogen-bond acceptors (Lipinski definition) is 3. The lowest BCUT2D eigenvalue weighted by Crippen LogP contribution is -2.06. The summed E-state index contributed by atoms with van der Waals surface area (Å²) in [6.07, 6.45) is 11.5. The van der Waals surface area contributed by atoms with E-state index in [2.05, 4.69) is 44.0 Å². The first-order valence-electron chi connectivity index (χ1n) is 10.0. The van der Waals surface area contributed by atoms with Crippen LogP contribution in [0.15, 0.2) is 48.1 Å². The number of rotatable bonds is 8. The molecule has 0 saturated carbocycles. The van der Waals surface area contributed by atoms with Crippen LogP contribution in [0.3, 0.4) is 0 Å². The van der Waals surface area contributed by atoms with Gasteiger partial charge in [-0.15, -0.1) is 11.3 Å². The summed E-state index contributed by atoms with van der Waals surface area (Å²) >= 11 is 1.68. The fourth-order valence-electron chi connectivity index (χ4n) is 4.05. The van der Waals surface area contributed by atoms with Crippen LogP contribution in [0.2, 0.25) is 0 Å². The molecule has 0 spiro atoms. The molecule has 1 atom stereocenters. The Morgan fingerprint density at radius 1 is 1.37 bits per heavy atom.